The Hall–Kier alpha value is -2.41. The molecule has 7 heteroatoms. The van der Waals surface area contributed by atoms with Crippen LogP contribution in [0.15, 0.2) is 24.3 Å². The minimum atomic E-state index is -0.204. The fraction of sp³-hybridized carbons (Fsp3) is 0.550. The van der Waals surface area contributed by atoms with E-state index < -0.39 is 0 Å². The molecule has 7 nitrogen and oxygen atoms in total. The van der Waals surface area contributed by atoms with E-state index in [0.29, 0.717) is 17.7 Å². The fourth-order valence-electron chi connectivity index (χ4n) is 4.47. The van der Waals surface area contributed by atoms with Crippen molar-refractivity contribution in [3.05, 3.63) is 35.9 Å². The summed E-state index contributed by atoms with van der Waals surface area (Å²) < 4.78 is 7.18. The highest BCUT2D eigenvalue weighted by molar-refractivity contribution is 6.01. The van der Waals surface area contributed by atoms with Gasteiger partial charge in [-0.1, -0.05) is 0 Å². The zero-order valence-electron chi connectivity index (χ0n) is 15.6. The molecular weight excluding hydrogens is 342 g/mol. The third-order valence-corrected chi connectivity index (χ3v) is 6.11. The van der Waals surface area contributed by atoms with Gasteiger partial charge in [0.05, 0.1) is 7.11 Å². The lowest BCUT2D eigenvalue weighted by Gasteiger charge is -2.25. The summed E-state index contributed by atoms with van der Waals surface area (Å²) in [6.07, 6.45) is 3.72. The molecule has 0 spiro atoms. The van der Waals surface area contributed by atoms with E-state index in [0.717, 1.165) is 42.7 Å². The van der Waals surface area contributed by atoms with Gasteiger partial charge in [0.2, 0.25) is 5.82 Å². The lowest BCUT2D eigenvalue weighted by Crippen LogP contribution is -2.31. The molecule has 1 saturated heterocycles. The molecule has 142 valence electrons. The Labute approximate surface area is 158 Å². The summed E-state index contributed by atoms with van der Waals surface area (Å²) in [7, 11) is 1.62. The summed E-state index contributed by atoms with van der Waals surface area (Å²) in [5, 5.41) is 11.4. The molecule has 1 aromatic heterocycles. The third-order valence-electron chi connectivity index (χ3n) is 6.11. The number of methoxy groups -OCH3 is 1. The SMILES string of the molecule is COc1ccc(NC(=O)c2nnc3n2CC2CN(CC4CC4)CC2C3)cc1. The van der Waals surface area contributed by atoms with Gasteiger partial charge in [0.1, 0.15) is 11.6 Å². The van der Waals surface area contributed by atoms with Crippen LogP contribution in [0.25, 0.3) is 0 Å². The van der Waals surface area contributed by atoms with E-state index in [1.807, 2.05) is 28.8 Å². The van der Waals surface area contributed by atoms with Crippen LogP contribution in [0.4, 0.5) is 5.69 Å². The topological polar surface area (TPSA) is 72.3 Å². The molecule has 5 rings (SSSR count). The summed E-state index contributed by atoms with van der Waals surface area (Å²) >= 11 is 0. The maximum atomic E-state index is 12.7. The zero-order chi connectivity index (χ0) is 18.4. The highest BCUT2D eigenvalue weighted by Crippen LogP contribution is 2.36. The summed E-state index contributed by atoms with van der Waals surface area (Å²) in [6.45, 7) is 4.40. The molecule has 0 radical (unpaired) electrons. The first kappa shape index (κ1) is 16.7. The van der Waals surface area contributed by atoms with Gasteiger partial charge in [0.25, 0.3) is 5.91 Å². The second kappa shape index (κ2) is 6.64. The molecule has 27 heavy (non-hydrogen) atoms. The maximum absolute atomic E-state index is 12.7. The predicted octanol–water partition coefficient (Wildman–Crippen LogP) is 2.05. The standard InChI is InChI=1S/C20H25N5O2/c1-27-17-6-4-16(5-7-17)21-20(26)19-23-22-18-8-14-10-24(9-13-2-3-13)11-15(14)12-25(18)19/h4-7,13-15H,2-3,8-12H2,1H3,(H,21,26). The second-order valence-corrected chi connectivity index (χ2v) is 8.12. The molecular formula is C20H25N5O2. The minimum Gasteiger partial charge on any atom is -0.497 e. The van der Waals surface area contributed by atoms with Crippen LogP contribution in [-0.4, -0.2) is 52.3 Å². The first-order valence-electron chi connectivity index (χ1n) is 9.79. The Morgan fingerprint density at radius 1 is 1.15 bits per heavy atom. The Bertz CT molecular complexity index is 843. The normalized spacial score (nSPS) is 24.3. The van der Waals surface area contributed by atoms with Crippen LogP contribution in [-0.2, 0) is 13.0 Å². The van der Waals surface area contributed by atoms with Crippen LogP contribution in [0.5, 0.6) is 5.75 Å². The quantitative estimate of drug-likeness (QED) is 0.876. The van der Waals surface area contributed by atoms with Gasteiger partial charge in [-0.25, -0.2) is 0 Å². The van der Waals surface area contributed by atoms with E-state index in [-0.39, 0.29) is 5.91 Å². The number of anilines is 1. The number of amides is 1. The largest absolute Gasteiger partial charge is 0.497 e. The van der Waals surface area contributed by atoms with Crippen LogP contribution in [0.2, 0.25) is 0 Å². The van der Waals surface area contributed by atoms with Crippen LogP contribution >= 0.6 is 0 Å². The van der Waals surface area contributed by atoms with E-state index in [9.17, 15) is 4.79 Å². The number of fused-ring (bicyclic) bond motifs is 2. The second-order valence-electron chi connectivity index (χ2n) is 8.12. The van der Waals surface area contributed by atoms with Gasteiger partial charge < -0.3 is 19.5 Å². The Morgan fingerprint density at radius 2 is 1.93 bits per heavy atom. The van der Waals surface area contributed by atoms with Crippen molar-refractivity contribution in [2.24, 2.45) is 17.8 Å². The summed E-state index contributed by atoms with van der Waals surface area (Å²) in [4.78, 5) is 15.4. The van der Waals surface area contributed by atoms with Crippen molar-refractivity contribution in [2.75, 3.05) is 32.1 Å². The summed E-state index contributed by atoms with van der Waals surface area (Å²) in [5.74, 6) is 4.10. The van der Waals surface area contributed by atoms with Gasteiger partial charge >= 0.3 is 0 Å². The number of benzene rings is 1. The number of likely N-dealkylation sites (tertiary alicyclic amines) is 1. The molecule has 1 aromatic carbocycles. The molecule has 2 aliphatic heterocycles. The van der Waals surface area contributed by atoms with Gasteiger partial charge in [-0.05, 0) is 54.9 Å². The predicted molar refractivity (Wildman–Crippen MR) is 101 cm³/mol. The average molecular weight is 367 g/mol. The van der Waals surface area contributed by atoms with E-state index in [1.54, 1.807) is 7.11 Å². The molecule has 3 heterocycles. The molecule has 1 saturated carbocycles. The fourth-order valence-corrected chi connectivity index (χ4v) is 4.47. The molecule has 2 aromatic rings. The number of hydrogen-bond donors (Lipinski definition) is 1. The molecule has 1 amide bonds. The average Bonchev–Trinajstić information content (AvgIpc) is 3.25. The van der Waals surface area contributed by atoms with Gasteiger partial charge in [-0.2, -0.15) is 0 Å². The van der Waals surface area contributed by atoms with Gasteiger partial charge in [-0.3, -0.25) is 4.79 Å². The smallest absolute Gasteiger partial charge is 0.293 e. The first-order valence-corrected chi connectivity index (χ1v) is 9.79. The first-order chi connectivity index (χ1) is 13.2. The highest BCUT2D eigenvalue weighted by atomic mass is 16.5. The number of hydrogen-bond acceptors (Lipinski definition) is 5. The number of ether oxygens (including phenoxy) is 1. The van der Waals surface area contributed by atoms with Crippen molar-refractivity contribution < 1.29 is 9.53 Å². The van der Waals surface area contributed by atoms with E-state index in [4.69, 9.17) is 4.74 Å². The number of nitrogens with zero attached hydrogens (tertiary/aromatic N) is 4. The number of carbonyl (C=O) groups excluding carboxylic acids is 1. The molecule has 1 N–H and O–H groups in total. The zero-order valence-corrected chi connectivity index (χ0v) is 15.6. The number of nitrogens with one attached hydrogen (secondary N) is 1. The lowest BCUT2D eigenvalue weighted by atomic mass is 9.89. The van der Waals surface area contributed by atoms with Crippen molar-refractivity contribution >= 4 is 11.6 Å². The number of aromatic nitrogens is 3. The van der Waals surface area contributed by atoms with Crippen LogP contribution in [0.3, 0.4) is 0 Å². The van der Waals surface area contributed by atoms with Crippen molar-refractivity contribution in [3.8, 4) is 5.75 Å². The lowest BCUT2D eigenvalue weighted by molar-refractivity contribution is 0.100. The van der Waals surface area contributed by atoms with E-state index in [1.165, 1.54) is 25.9 Å². The van der Waals surface area contributed by atoms with Crippen LogP contribution in [0.1, 0.15) is 29.3 Å². The van der Waals surface area contributed by atoms with Gasteiger partial charge in [0.15, 0.2) is 0 Å². The summed E-state index contributed by atoms with van der Waals surface area (Å²) in [6, 6.07) is 7.30. The van der Waals surface area contributed by atoms with Crippen LogP contribution in [0, 0.1) is 17.8 Å². The Balaban J connectivity index is 1.28. The molecule has 2 unspecified atom stereocenters. The molecule has 2 atom stereocenters. The van der Waals surface area contributed by atoms with E-state index >= 15 is 0 Å². The molecule has 0 bridgehead atoms. The van der Waals surface area contributed by atoms with E-state index in [2.05, 4.69) is 20.4 Å². The van der Waals surface area contributed by atoms with Gasteiger partial charge in [-0.15, -0.1) is 10.2 Å². The van der Waals surface area contributed by atoms with Crippen molar-refractivity contribution in [3.63, 3.8) is 0 Å². The minimum absolute atomic E-state index is 0.204. The molecule has 2 fully saturated rings. The van der Waals surface area contributed by atoms with Crippen LogP contribution < -0.4 is 10.1 Å². The van der Waals surface area contributed by atoms with Gasteiger partial charge in [0, 0.05) is 38.3 Å². The van der Waals surface area contributed by atoms with Crippen molar-refractivity contribution in [2.45, 2.75) is 25.8 Å². The number of carbonyl (C=O) groups is 1. The van der Waals surface area contributed by atoms with Crippen molar-refractivity contribution in [1.82, 2.24) is 19.7 Å². The number of rotatable bonds is 5. The maximum Gasteiger partial charge on any atom is 0.293 e. The Kier molecular flexibility index (Phi) is 4.11. The molecule has 3 aliphatic rings. The molecule has 1 aliphatic carbocycles. The Morgan fingerprint density at radius 3 is 2.67 bits per heavy atom. The highest BCUT2D eigenvalue weighted by Gasteiger charge is 2.40. The monoisotopic (exact) mass is 367 g/mol. The summed E-state index contributed by atoms with van der Waals surface area (Å²) in [5.41, 5.74) is 0.725. The van der Waals surface area contributed by atoms with Crippen molar-refractivity contribution in [1.29, 1.82) is 0 Å². The third kappa shape index (κ3) is 3.32.